The van der Waals surface area contributed by atoms with E-state index < -0.39 is 18.0 Å². The van der Waals surface area contributed by atoms with Crippen LogP contribution in [0.3, 0.4) is 0 Å². The van der Waals surface area contributed by atoms with Gasteiger partial charge in [0.25, 0.3) is 0 Å². The van der Waals surface area contributed by atoms with Gasteiger partial charge in [0.15, 0.2) is 0 Å². The lowest BCUT2D eigenvalue weighted by atomic mass is 10.1. The van der Waals surface area contributed by atoms with Gasteiger partial charge in [-0.15, -0.1) is 0 Å². The van der Waals surface area contributed by atoms with Gasteiger partial charge in [-0.1, -0.05) is 39.7 Å². The van der Waals surface area contributed by atoms with Crippen molar-refractivity contribution in [1.82, 2.24) is 0 Å². The Bertz CT molecular complexity index is 262. The summed E-state index contributed by atoms with van der Waals surface area (Å²) in [7, 11) is 0. The summed E-state index contributed by atoms with van der Waals surface area (Å²) in [5, 5.41) is 16.4. The second-order valence-electron chi connectivity index (χ2n) is 4.46. The molecule has 0 spiro atoms. The van der Waals surface area contributed by atoms with E-state index in [0.29, 0.717) is 12.3 Å². The molecule has 0 rings (SSSR count). The molecule has 0 unspecified atom stereocenters. The van der Waals surface area contributed by atoms with E-state index >= 15 is 0 Å². The van der Waals surface area contributed by atoms with E-state index in [4.69, 9.17) is 15.9 Å². The summed E-state index contributed by atoms with van der Waals surface area (Å²) >= 11 is 0. The van der Waals surface area contributed by atoms with Gasteiger partial charge in [-0.25, -0.2) is 4.79 Å². The molecule has 0 aromatic heterocycles. The van der Waals surface area contributed by atoms with Gasteiger partial charge >= 0.3 is 11.9 Å². The molecule has 0 heterocycles. The van der Waals surface area contributed by atoms with Crippen LogP contribution in [0.1, 0.15) is 46.5 Å². The third-order valence-electron chi connectivity index (χ3n) is 2.03. The molecule has 0 fully saturated rings. The van der Waals surface area contributed by atoms with E-state index in [1.807, 2.05) is 13.8 Å². The molecule has 0 saturated carbocycles. The topological polar surface area (TPSA) is 101 Å². The molecule has 0 aliphatic heterocycles. The lowest BCUT2D eigenvalue weighted by Gasteiger charge is -2.07. The Kier molecular flexibility index (Phi) is 12.8. The van der Waals surface area contributed by atoms with E-state index in [0.717, 1.165) is 19.3 Å². The first-order valence-electron chi connectivity index (χ1n) is 6.19. The van der Waals surface area contributed by atoms with E-state index in [2.05, 4.69) is 6.92 Å². The molecule has 1 atom stereocenters. The van der Waals surface area contributed by atoms with Crippen LogP contribution in [0.4, 0.5) is 0 Å². The number of unbranched alkanes of at least 4 members (excludes halogenated alkanes) is 2. The van der Waals surface area contributed by atoms with Crippen LogP contribution in [0.25, 0.3) is 0 Å². The highest BCUT2D eigenvalue weighted by Crippen LogP contribution is 2.01. The van der Waals surface area contributed by atoms with Crippen molar-refractivity contribution >= 4 is 11.9 Å². The summed E-state index contributed by atoms with van der Waals surface area (Å²) in [6, 6.07) is -0.690. The van der Waals surface area contributed by atoms with E-state index in [1.165, 1.54) is 6.08 Å². The predicted molar refractivity (Wildman–Crippen MR) is 71.4 cm³/mol. The first-order valence-corrected chi connectivity index (χ1v) is 6.19. The molecule has 4 N–H and O–H groups in total. The summed E-state index contributed by atoms with van der Waals surface area (Å²) in [6.45, 7) is 5.97. The maximum absolute atomic E-state index is 10.1. The maximum atomic E-state index is 10.1. The summed E-state index contributed by atoms with van der Waals surface area (Å²) in [5.41, 5.74) is 5.22. The number of carbonyl (C=O) groups is 2. The van der Waals surface area contributed by atoms with Crippen LogP contribution < -0.4 is 5.73 Å². The Morgan fingerprint density at radius 3 is 2.11 bits per heavy atom. The third kappa shape index (κ3) is 17.0. The normalized spacial score (nSPS) is 12.1. The zero-order valence-corrected chi connectivity index (χ0v) is 11.4. The Hall–Kier alpha value is -1.36. The highest BCUT2D eigenvalue weighted by Gasteiger charge is 2.11. The number of nitrogens with two attached hydrogens (primary N) is 1. The van der Waals surface area contributed by atoms with Crippen molar-refractivity contribution in [2.24, 2.45) is 11.7 Å². The van der Waals surface area contributed by atoms with Crippen molar-refractivity contribution in [1.29, 1.82) is 0 Å². The van der Waals surface area contributed by atoms with Crippen LogP contribution in [-0.4, -0.2) is 28.2 Å². The van der Waals surface area contributed by atoms with Crippen LogP contribution >= 0.6 is 0 Å². The Balaban J connectivity index is 0. The van der Waals surface area contributed by atoms with Gasteiger partial charge in [0.05, 0.1) is 0 Å². The monoisotopic (exact) mass is 259 g/mol. The molecule has 0 bridgehead atoms. The molecule has 0 aromatic carbocycles. The largest absolute Gasteiger partial charge is 0.480 e. The second-order valence-corrected chi connectivity index (χ2v) is 4.46. The fourth-order valence-electron chi connectivity index (χ4n) is 1.11. The number of allylic oxidation sites excluding steroid dienone is 1. The molecular weight excluding hydrogens is 234 g/mol. The first kappa shape index (κ1) is 19.0. The summed E-state index contributed by atoms with van der Waals surface area (Å²) < 4.78 is 0. The fourth-order valence-corrected chi connectivity index (χ4v) is 1.11. The van der Waals surface area contributed by atoms with Crippen LogP contribution in [0, 0.1) is 5.92 Å². The first-order chi connectivity index (χ1) is 8.31. The number of hydrogen-bond donors (Lipinski definition) is 3. The number of carboxylic acids is 2. The van der Waals surface area contributed by atoms with Crippen molar-refractivity contribution in [3.8, 4) is 0 Å². The summed E-state index contributed by atoms with van der Waals surface area (Å²) in [4.78, 5) is 20.0. The lowest BCUT2D eigenvalue weighted by molar-refractivity contribution is -0.139. The smallest absolute Gasteiger partial charge is 0.327 e. The minimum absolute atomic E-state index is 0.357. The summed E-state index contributed by atoms with van der Waals surface area (Å²) in [5.74, 6) is -1.41. The fraction of sp³-hybridized carbons (Fsp3) is 0.692. The predicted octanol–water partition coefficient (Wildman–Crippen LogP) is 2.26. The molecule has 0 aromatic rings. The zero-order valence-electron chi connectivity index (χ0n) is 11.4. The second kappa shape index (κ2) is 12.1. The van der Waals surface area contributed by atoms with Crippen LogP contribution in [0.15, 0.2) is 12.2 Å². The Morgan fingerprint density at radius 1 is 1.28 bits per heavy atom. The van der Waals surface area contributed by atoms with E-state index in [9.17, 15) is 9.59 Å². The Morgan fingerprint density at radius 2 is 1.83 bits per heavy atom. The molecule has 0 aliphatic carbocycles. The molecule has 5 heteroatoms. The molecule has 0 saturated heterocycles. The molecule has 18 heavy (non-hydrogen) atoms. The number of rotatable bonds is 7. The van der Waals surface area contributed by atoms with Crippen LogP contribution in [0.5, 0.6) is 0 Å². The average Bonchev–Trinajstić information content (AvgIpc) is 2.24. The van der Waals surface area contributed by atoms with Crippen LogP contribution in [0.2, 0.25) is 0 Å². The molecule has 5 nitrogen and oxygen atoms in total. The van der Waals surface area contributed by atoms with E-state index in [1.54, 1.807) is 6.08 Å². The van der Waals surface area contributed by atoms with Gasteiger partial charge < -0.3 is 15.9 Å². The number of carboxylic acid groups (broad SMARTS) is 2. The minimum atomic E-state index is -0.913. The summed E-state index contributed by atoms with van der Waals surface area (Å²) in [6.07, 6.45) is 6.49. The molecule has 0 aliphatic rings. The van der Waals surface area contributed by atoms with Crippen molar-refractivity contribution < 1.29 is 19.8 Å². The van der Waals surface area contributed by atoms with Crippen LogP contribution in [-0.2, 0) is 9.59 Å². The van der Waals surface area contributed by atoms with E-state index in [-0.39, 0.29) is 0 Å². The van der Waals surface area contributed by atoms with Crippen molar-refractivity contribution in [3.63, 3.8) is 0 Å². The molecule has 0 amide bonds. The maximum Gasteiger partial charge on any atom is 0.327 e. The van der Waals surface area contributed by atoms with Gasteiger partial charge in [-0.05, 0) is 18.8 Å². The number of hydrogen-bond acceptors (Lipinski definition) is 3. The van der Waals surface area contributed by atoms with Gasteiger partial charge in [-0.3, -0.25) is 4.79 Å². The quantitative estimate of drug-likeness (QED) is 0.481. The van der Waals surface area contributed by atoms with Gasteiger partial charge in [0.2, 0.25) is 0 Å². The zero-order chi connectivity index (χ0) is 14.6. The minimum Gasteiger partial charge on any atom is -0.480 e. The highest BCUT2D eigenvalue weighted by molar-refractivity contribution is 5.79. The van der Waals surface area contributed by atoms with Gasteiger partial charge in [0, 0.05) is 6.08 Å². The molecular formula is C13H25NO4. The van der Waals surface area contributed by atoms with Gasteiger partial charge in [-0.2, -0.15) is 0 Å². The average molecular weight is 259 g/mol. The SMILES string of the molecule is CC(C)C[C@H](N)C(=O)O.CCCCC=CC(=O)O. The van der Waals surface area contributed by atoms with Gasteiger partial charge in [0.1, 0.15) is 6.04 Å². The number of aliphatic carboxylic acids is 2. The highest BCUT2D eigenvalue weighted by atomic mass is 16.4. The lowest BCUT2D eigenvalue weighted by Crippen LogP contribution is -2.31. The molecule has 0 radical (unpaired) electrons. The molecule has 106 valence electrons. The third-order valence-corrected chi connectivity index (χ3v) is 2.03. The van der Waals surface area contributed by atoms with Crippen molar-refractivity contribution in [2.45, 2.75) is 52.5 Å². The van der Waals surface area contributed by atoms with Crippen molar-refractivity contribution in [3.05, 3.63) is 12.2 Å². The van der Waals surface area contributed by atoms with Crippen molar-refractivity contribution in [2.75, 3.05) is 0 Å². The standard InChI is InChI=1S/C7H12O2.C6H13NO2/c1-2-3-4-5-6-7(8)9;1-4(2)3-5(7)6(8)9/h5-6H,2-4H2,1H3,(H,8,9);4-5H,3,7H2,1-2H3,(H,8,9)/t;5-/m.0/s1. The Labute approximate surface area is 109 Å².